The molecule has 2 unspecified atom stereocenters. The zero-order chi connectivity index (χ0) is 52.2. The van der Waals surface area contributed by atoms with Crippen LogP contribution in [0.25, 0.3) is 0 Å². The van der Waals surface area contributed by atoms with Crippen LogP contribution in [0.5, 0.6) is 0 Å². The summed E-state index contributed by atoms with van der Waals surface area (Å²) in [4.78, 5) is 24.6. The molecule has 0 heterocycles. The molecule has 0 aromatic carbocycles. The second-order valence-electron chi connectivity index (χ2n) is 22.5. The van der Waals surface area contributed by atoms with E-state index in [-0.39, 0.29) is 18.5 Å². The molecule has 6 heteroatoms. The van der Waals surface area contributed by atoms with Gasteiger partial charge in [-0.3, -0.25) is 9.59 Å². The summed E-state index contributed by atoms with van der Waals surface area (Å²) < 4.78 is 5.46. The first kappa shape index (κ1) is 70.3. The topological polar surface area (TPSA) is 95.9 Å². The zero-order valence-electron chi connectivity index (χ0n) is 48.7. The summed E-state index contributed by atoms with van der Waals surface area (Å²) in [5, 5.41) is 23.4. The Labute approximate surface area is 450 Å². The number of hydrogen-bond acceptors (Lipinski definition) is 5. The summed E-state index contributed by atoms with van der Waals surface area (Å²) in [6.07, 6.45) is 76.2. The third-order valence-corrected chi connectivity index (χ3v) is 15.3. The highest BCUT2D eigenvalue weighted by molar-refractivity contribution is 5.76. The van der Waals surface area contributed by atoms with E-state index in [4.69, 9.17) is 4.74 Å². The predicted octanol–water partition coefficient (Wildman–Crippen LogP) is 20.6. The van der Waals surface area contributed by atoms with Gasteiger partial charge < -0.3 is 20.3 Å². The number of carbonyl (C=O) groups is 2. The summed E-state index contributed by atoms with van der Waals surface area (Å²) in [5.74, 6) is -0.0512. The van der Waals surface area contributed by atoms with Crippen LogP contribution in [0.1, 0.15) is 361 Å². The Bertz CT molecular complexity index is 1120. The van der Waals surface area contributed by atoms with E-state index < -0.39 is 12.1 Å². The number of aliphatic hydroxyl groups excluding tert-OH is 2. The van der Waals surface area contributed by atoms with Gasteiger partial charge in [0.1, 0.15) is 0 Å². The molecule has 0 bridgehead atoms. The number of rotatable bonds is 61. The largest absolute Gasteiger partial charge is 0.466 e. The van der Waals surface area contributed by atoms with Crippen molar-refractivity contribution in [3.05, 3.63) is 24.3 Å². The molecule has 426 valence electrons. The molecule has 2 atom stereocenters. The van der Waals surface area contributed by atoms with Gasteiger partial charge in [-0.15, -0.1) is 0 Å². The molecule has 0 saturated carbocycles. The second kappa shape index (κ2) is 61.9. The molecule has 0 aliphatic heterocycles. The van der Waals surface area contributed by atoms with Crippen molar-refractivity contribution in [1.82, 2.24) is 5.32 Å². The van der Waals surface area contributed by atoms with Crippen molar-refractivity contribution in [1.29, 1.82) is 0 Å². The molecule has 0 aromatic heterocycles. The molecule has 0 spiro atoms. The number of nitrogens with one attached hydrogen (secondary N) is 1. The fraction of sp³-hybridized carbons (Fsp3) is 0.909. The van der Waals surface area contributed by atoms with E-state index in [9.17, 15) is 19.8 Å². The van der Waals surface area contributed by atoms with Gasteiger partial charge in [0.25, 0.3) is 0 Å². The van der Waals surface area contributed by atoms with Gasteiger partial charge in [-0.1, -0.05) is 314 Å². The first-order valence-corrected chi connectivity index (χ1v) is 32.6. The minimum absolute atomic E-state index is 0.0103. The van der Waals surface area contributed by atoms with Crippen LogP contribution in [0, 0.1) is 0 Å². The molecule has 3 N–H and O–H groups in total. The fourth-order valence-electron chi connectivity index (χ4n) is 10.3. The predicted molar refractivity (Wildman–Crippen MR) is 315 cm³/mol. The fourth-order valence-corrected chi connectivity index (χ4v) is 10.3. The minimum Gasteiger partial charge on any atom is -0.466 e. The Kier molecular flexibility index (Phi) is 60.5. The van der Waals surface area contributed by atoms with Gasteiger partial charge in [0.2, 0.25) is 5.91 Å². The molecule has 0 aliphatic carbocycles. The number of carbonyl (C=O) groups excluding carboxylic acids is 2. The molecule has 0 saturated heterocycles. The Morgan fingerprint density at radius 1 is 0.389 bits per heavy atom. The average molecular weight is 1010 g/mol. The Morgan fingerprint density at radius 2 is 0.681 bits per heavy atom. The maximum absolute atomic E-state index is 12.5. The van der Waals surface area contributed by atoms with E-state index in [1.807, 2.05) is 0 Å². The van der Waals surface area contributed by atoms with Gasteiger partial charge in [-0.25, -0.2) is 0 Å². The van der Waals surface area contributed by atoms with Crippen LogP contribution >= 0.6 is 0 Å². The van der Waals surface area contributed by atoms with Crippen molar-refractivity contribution < 1.29 is 24.5 Å². The molecule has 1 amide bonds. The van der Waals surface area contributed by atoms with Crippen LogP contribution in [0.15, 0.2) is 24.3 Å². The Balaban J connectivity index is 3.46. The van der Waals surface area contributed by atoms with E-state index >= 15 is 0 Å². The number of esters is 1. The third-order valence-electron chi connectivity index (χ3n) is 15.3. The lowest BCUT2D eigenvalue weighted by Crippen LogP contribution is -2.45. The lowest BCUT2D eigenvalue weighted by atomic mass is 10.0. The lowest BCUT2D eigenvalue weighted by Gasteiger charge is -2.22. The Hall–Kier alpha value is -1.66. The van der Waals surface area contributed by atoms with E-state index in [1.165, 1.54) is 257 Å². The molecule has 72 heavy (non-hydrogen) atoms. The average Bonchev–Trinajstić information content (AvgIpc) is 3.38. The highest BCUT2D eigenvalue weighted by atomic mass is 16.5. The monoisotopic (exact) mass is 1010 g/mol. The zero-order valence-corrected chi connectivity index (χ0v) is 48.7. The molecule has 0 fully saturated rings. The van der Waals surface area contributed by atoms with Crippen molar-refractivity contribution in [2.75, 3.05) is 13.2 Å². The number of ether oxygens (including phenoxy) is 1. The van der Waals surface area contributed by atoms with Gasteiger partial charge in [0, 0.05) is 12.8 Å². The van der Waals surface area contributed by atoms with E-state index in [0.717, 1.165) is 70.6 Å². The highest BCUT2D eigenvalue weighted by Gasteiger charge is 2.20. The maximum Gasteiger partial charge on any atom is 0.305 e. The van der Waals surface area contributed by atoms with Crippen LogP contribution < -0.4 is 5.32 Å². The van der Waals surface area contributed by atoms with Crippen molar-refractivity contribution in [2.24, 2.45) is 0 Å². The summed E-state index contributed by atoms with van der Waals surface area (Å²) >= 11 is 0. The first-order chi connectivity index (χ1) is 35.5. The molecule has 6 nitrogen and oxygen atoms in total. The van der Waals surface area contributed by atoms with Crippen molar-refractivity contribution in [3.8, 4) is 0 Å². The van der Waals surface area contributed by atoms with E-state index in [0.29, 0.717) is 25.9 Å². The number of hydrogen-bond donors (Lipinski definition) is 3. The summed E-state index contributed by atoms with van der Waals surface area (Å²) in [6, 6.07) is -0.550. The normalized spacial score (nSPS) is 12.7. The third kappa shape index (κ3) is 57.6. The van der Waals surface area contributed by atoms with Crippen LogP contribution in [0.3, 0.4) is 0 Å². The minimum atomic E-state index is -0.672. The quantitative estimate of drug-likeness (QED) is 0.0320. The lowest BCUT2D eigenvalue weighted by molar-refractivity contribution is -0.143. The van der Waals surface area contributed by atoms with Gasteiger partial charge >= 0.3 is 5.97 Å². The second-order valence-corrected chi connectivity index (χ2v) is 22.5. The Morgan fingerprint density at radius 3 is 1.03 bits per heavy atom. The smallest absolute Gasteiger partial charge is 0.305 e. The molecule has 0 radical (unpaired) electrons. The molecule has 0 aromatic rings. The molecule has 0 aliphatic rings. The van der Waals surface area contributed by atoms with Crippen LogP contribution in [0.2, 0.25) is 0 Å². The number of amides is 1. The highest BCUT2D eigenvalue weighted by Crippen LogP contribution is 2.18. The van der Waals surface area contributed by atoms with Crippen LogP contribution in [-0.2, 0) is 14.3 Å². The van der Waals surface area contributed by atoms with Crippen LogP contribution in [-0.4, -0.2) is 47.4 Å². The van der Waals surface area contributed by atoms with E-state index in [1.54, 1.807) is 0 Å². The molecular formula is C66H127NO5. The van der Waals surface area contributed by atoms with E-state index in [2.05, 4.69) is 43.5 Å². The van der Waals surface area contributed by atoms with Gasteiger partial charge in [-0.2, -0.15) is 0 Å². The number of unbranched alkanes of at least 4 members (excludes halogenated alkanes) is 47. The molecular weight excluding hydrogens is 887 g/mol. The van der Waals surface area contributed by atoms with Gasteiger partial charge in [-0.05, 0) is 57.8 Å². The first-order valence-electron chi connectivity index (χ1n) is 32.6. The van der Waals surface area contributed by atoms with Crippen molar-refractivity contribution >= 4 is 11.9 Å². The van der Waals surface area contributed by atoms with Crippen molar-refractivity contribution in [2.45, 2.75) is 373 Å². The summed E-state index contributed by atoms with van der Waals surface area (Å²) in [6.45, 7) is 4.94. The summed E-state index contributed by atoms with van der Waals surface area (Å²) in [7, 11) is 0. The van der Waals surface area contributed by atoms with Crippen LogP contribution in [0.4, 0.5) is 0 Å². The van der Waals surface area contributed by atoms with Gasteiger partial charge in [0.05, 0.1) is 25.4 Å². The maximum atomic E-state index is 12.5. The van der Waals surface area contributed by atoms with Gasteiger partial charge in [0.15, 0.2) is 0 Å². The number of aliphatic hydroxyl groups is 2. The SMILES string of the molecule is CCCCCCCCCCCCCCCCCCCCCCCCC(O)C(CO)NC(=O)CCCCCCCCCCCC/C=C\C=C/CCCCCOC(=O)CCCCCCCCCCCCCCCC. The standard InChI is InChI=1S/C66H127NO5/c1-3-5-7-9-11-13-15-17-19-20-21-22-23-25-28-31-34-38-42-46-50-54-58-64(69)63(62-68)67-65(70)59-55-51-47-43-39-35-32-29-26-24-27-30-33-37-41-45-49-53-57-61-72-66(71)60-56-52-48-44-40-36-18-16-14-12-10-8-6-4-2/h30,33,37,41,63-64,68-69H,3-29,31-32,34-36,38-40,42-62H2,1-2H3,(H,67,70)/b33-30-,41-37-. The summed E-state index contributed by atoms with van der Waals surface area (Å²) in [5.41, 5.74) is 0. The number of allylic oxidation sites excluding steroid dienone is 4. The van der Waals surface area contributed by atoms with Crippen molar-refractivity contribution in [3.63, 3.8) is 0 Å². The molecule has 0 rings (SSSR count).